The van der Waals surface area contributed by atoms with Crippen LogP contribution in [0.15, 0.2) is 5.10 Å². The summed E-state index contributed by atoms with van der Waals surface area (Å²) < 4.78 is 2.05. The van der Waals surface area contributed by atoms with Crippen LogP contribution < -0.4 is 0 Å². The van der Waals surface area contributed by atoms with Crippen LogP contribution in [0.25, 0.3) is 0 Å². The standard InChI is InChI=1S/C10H19N2/c1-5-6-12-8-9(7-11-12)10(2,3)4/h7-9H,5-6H2,1-4H3/q+1. The number of rotatable bonds is 2. The molecule has 0 aliphatic carbocycles. The highest BCUT2D eigenvalue weighted by Crippen LogP contribution is 2.24. The van der Waals surface area contributed by atoms with E-state index in [2.05, 4.69) is 49.9 Å². The van der Waals surface area contributed by atoms with Gasteiger partial charge in [-0.05, 0) is 10.5 Å². The molecule has 1 rings (SSSR count). The molecule has 1 aliphatic heterocycles. The fraction of sp³-hybridized carbons (Fsp3) is 0.800. The molecule has 1 atom stereocenters. The number of nitrogens with zero attached hydrogens (tertiary/aromatic N) is 2. The van der Waals surface area contributed by atoms with Crippen LogP contribution in [0.5, 0.6) is 0 Å². The maximum atomic E-state index is 4.33. The first-order valence-corrected chi connectivity index (χ1v) is 4.70. The highest BCUT2D eigenvalue weighted by atomic mass is 15.4. The molecule has 0 bridgehead atoms. The molecule has 0 amide bonds. The van der Waals surface area contributed by atoms with Crippen molar-refractivity contribution in [3.8, 4) is 0 Å². The van der Waals surface area contributed by atoms with Crippen LogP contribution in [0.4, 0.5) is 0 Å². The Bertz CT molecular complexity index is 208. The third-order valence-corrected chi connectivity index (χ3v) is 2.16. The van der Waals surface area contributed by atoms with Crippen molar-refractivity contribution in [1.29, 1.82) is 0 Å². The second-order valence-electron chi connectivity index (χ2n) is 4.47. The minimum absolute atomic E-state index is 0.311. The normalized spacial score (nSPS) is 23.0. The SMILES string of the molecule is CCC[N+]1=CC(C(C)(C)C)C=N1. The van der Waals surface area contributed by atoms with Gasteiger partial charge in [0.1, 0.15) is 0 Å². The second-order valence-corrected chi connectivity index (χ2v) is 4.47. The van der Waals surface area contributed by atoms with E-state index in [1.807, 2.05) is 0 Å². The van der Waals surface area contributed by atoms with Gasteiger partial charge in [0.2, 0.25) is 0 Å². The minimum atomic E-state index is 0.311. The van der Waals surface area contributed by atoms with Crippen molar-refractivity contribution in [3.05, 3.63) is 0 Å². The summed E-state index contributed by atoms with van der Waals surface area (Å²) in [5, 5.41) is 4.33. The van der Waals surface area contributed by atoms with Gasteiger partial charge in [-0.25, -0.2) is 0 Å². The van der Waals surface area contributed by atoms with Crippen molar-refractivity contribution >= 4 is 12.4 Å². The molecule has 1 aliphatic rings. The van der Waals surface area contributed by atoms with Crippen LogP contribution in [0.2, 0.25) is 0 Å². The van der Waals surface area contributed by atoms with Gasteiger partial charge in [0, 0.05) is 6.42 Å². The molecule has 2 nitrogen and oxygen atoms in total. The maximum Gasteiger partial charge on any atom is 0.182 e. The Kier molecular flexibility index (Phi) is 2.65. The van der Waals surface area contributed by atoms with E-state index in [0.717, 1.165) is 13.0 Å². The Morgan fingerprint density at radius 1 is 1.42 bits per heavy atom. The van der Waals surface area contributed by atoms with Crippen molar-refractivity contribution in [2.45, 2.75) is 34.1 Å². The summed E-state index contributed by atoms with van der Waals surface area (Å²) in [6, 6.07) is 0. The fourth-order valence-corrected chi connectivity index (χ4v) is 1.23. The zero-order valence-electron chi connectivity index (χ0n) is 8.54. The van der Waals surface area contributed by atoms with Gasteiger partial charge in [0.15, 0.2) is 12.8 Å². The van der Waals surface area contributed by atoms with Gasteiger partial charge in [0.25, 0.3) is 0 Å². The molecule has 1 heterocycles. The molecule has 0 saturated heterocycles. The zero-order chi connectivity index (χ0) is 9.19. The summed E-state index contributed by atoms with van der Waals surface area (Å²) in [5.41, 5.74) is 0.311. The Hall–Kier alpha value is -0.660. The molecule has 0 fully saturated rings. The maximum absolute atomic E-state index is 4.33. The van der Waals surface area contributed by atoms with Gasteiger partial charge in [-0.3, -0.25) is 0 Å². The van der Waals surface area contributed by atoms with Crippen LogP contribution in [0, 0.1) is 11.3 Å². The molecule has 12 heavy (non-hydrogen) atoms. The van der Waals surface area contributed by atoms with Crippen LogP contribution in [0.1, 0.15) is 34.1 Å². The molecule has 0 saturated carbocycles. The van der Waals surface area contributed by atoms with Gasteiger partial charge in [-0.15, -0.1) is 0 Å². The average molecular weight is 167 g/mol. The lowest BCUT2D eigenvalue weighted by molar-refractivity contribution is -0.526. The number of hydrogen-bond donors (Lipinski definition) is 0. The van der Waals surface area contributed by atoms with Crippen LogP contribution in [0.3, 0.4) is 0 Å². The first-order valence-electron chi connectivity index (χ1n) is 4.70. The summed E-state index contributed by atoms with van der Waals surface area (Å²) in [6.07, 6.45) is 5.43. The number of hydrogen-bond acceptors (Lipinski definition) is 1. The van der Waals surface area contributed by atoms with Crippen molar-refractivity contribution in [2.24, 2.45) is 16.4 Å². The summed E-state index contributed by atoms with van der Waals surface area (Å²) in [5.74, 6) is 0.504. The summed E-state index contributed by atoms with van der Waals surface area (Å²) in [6.45, 7) is 9.96. The van der Waals surface area contributed by atoms with E-state index in [4.69, 9.17) is 0 Å². The molecule has 0 aromatic carbocycles. The van der Waals surface area contributed by atoms with E-state index in [1.165, 1.54) is 0 Å². The van der Waals surface area contributed by atoms with Gasteiger partial charge < -0.3 is 0 Å². The van der Waals surface area contributed by atoms with E-state index in [-0.39, 0.29) is 0 Å². The van der Waals surface area contributed by atoms with Crippen LogP contribution in [-0.2, 0) is 0 Å². The van der Waals surface area contributed by atoms with Crippen molar-refractivity contribution < 1.29 is 4.68 Å². The predicted molar refractivity (Wildman–Crippen MR) is 52.9 cm³/mol. The summed E-state index contributed by atoms with van der Waals surface area (Å²) >= 11 is 0. The van der Waals surface area contributed by atoms with Gasteiger partial charge in [-0.1, -0.05) is 32.4 Å². The van der Waals surface area contributed by atoms with E-state index >= 15 is 0 Å². The lowest BCUT2D eigenvalue weighted by atomic mass is 9.83. The van der Waals surface area contributed by atoms with Gasteiger partial charge >= 0.3 is 0 Å². The lowest BCUT2D eigenvalue weighted by Gasteiger charge is -2.18. The quantitative estimate of drug-likeness (QED) is 0.560. The highest BCUT2D eigenvalue weighted by Gasteiger charge is 2.29. The molecule has 2 heteroatoms. The topological polar surface area (TPSA) is 15.4 Å². The van der Waals surface area contributed by atoms with E-state index in [0.29, 0.717) is 11.3 Å². The minimum Gasteiger partial charge on any atom is -0.0949 e. The lowest BCUT2D eigenvalue weighted by Crippen LogP contribution is -2.22. The molecule has 0 aromatic rings. The van der Waals surface area contributed by atoms with Gasteiger partial charge in [0.05, 0.1) is 12.1 Å². The van der Waals surface area contributed by atoms with E-state index < -0.39 is 0 Å². The molecule has 0 spiro atoms. The predicted octanol–water partition coefficient (Wildman–Crippen LogP) is 2.14. The molecule has 68 valence electrons. The van der Waals surface area contributed by atoms with E-state index in [9.17, 15) is 0 Å². The Balaban J connectivity index is 2.60. The third kappa shape index (κ3) is 2.16. The third-order valence-electron chi connectivity index (χ3n) is 2.16. The monoisotopic (exact) mass is 167 g/mol. The fourth-order valence-electron chi connectivity index (χ4n) is 1.23. The second kappa shape index (κ2) is 3.38. The van der Waals surface area contributed by atoms with E-state index in [1.54, 1.807) is 0 Å². The van der Waals surface area contributed by atoms with Crippen LogP contribution >= 0.6 is 0 Å². The zero-order valence-corrected chi connectivity index (χ0v) is 8.54. The Morgan fingerprint density at radius 2 is 2.08 bits per heavy atom. The Morgan fingerprint density at radius 3 is 2.50 bits per heavy atom. The highest BCUT2D eigenvalue weighted by molar-refractivity contribution is 5.84. The smallest absolute Gasteiger partial charge is 0.0949 e. The van der Waals surface area contributed by atoms with Crippen LogP contribution in [-0.4, -0.2) is 23.7 Å². The molecule has 0 radical (unpaired) electrons. The largest absolute Gasteiger partial charge is 0.182 e. The first-order chi connectivity index (χ1) is 5.54. The number of hydrazone groups is 1. The summed E-state index contributed by atoms with van der Waals surface area (Å²) in [7, 11) is 0. The molecular formula is C10H19N2+. The van der Waals surface area contributed by atoms with Gasteiger partial charge in [-0.2, -0.15) is 0 Å². The molecular weight excluding hydrogens is 148 g/mol. The molecule has 0 N–H and O–H groups in total. The Labute approximate surface area is 75.0 Å². The average Bonchev–Trinajstić information content (AvgIpc) is 2.35. The summed E-state index contributed by atoms with van der Waals surface area (Å²) in [4.78, 5) is 0. The molecule has 0 aromatic heterocycles. The first kappa shape index (κ1) is 9.43. The van der Waals surface area contributed by atoms with Crippen molar-refractivity contribution in [1.82, 2.24) is 0 Å². The molecule has 1 unspecified atom stereocenters. The van der Waals surface area contributed by atoms with Crippen molar-refractivity contribution in [2.75, 3.05) is 6.54 Å². The van der Waals surface area contributed by atoms with Crippen molar-refractivity contribution in [3.63, 3.8) is 0 Å².